The Morgan fingerprint density at radius 3 is 2.81 bits per heavy atom. The number of aromatic nitrogens is 1. The fraction of sp³-hybridized carbons (Fsp3) is 0.263. The average molecular weight is 383 g/mol. The molecule has 1 aromatic heterocycles. The molecule has 26 heavy (non-hydrogen) atoms. The Morgan fingerprint density at radius 1 is 1.15 bits per heavy atom. The van der Waals surface area contributed by atoms with E-state index < -0.39 is 10.0 Å². The number of benzene rings is 2. The molecular formula is C19H17N3O2S2. The van der Waals surface area contributed by atoms with Gasteiger partial charge in [-0.25, -0.2) is 13.4 Å². The van der Waals surface area contributed by atoms with Crippen LogP contribution < -0.4 is 0 Å². The van der Waals surface area contributed by atoms with Crippen molar-refractivity contribution < 1.29 is 8.42 Å². The maximum Gasteiger partial charge on any atom is 0.243 e. The summed E-state index contributed by atoms with van der Waals surface area (Å²) in [4.78, 5) is 4.86. The van der Waals surface area contributed by atoms with Crippen LogP contribution in [0.1, 0.15) is 35.9 Å². The molecule has 2 aromatic carbocycles. The molecule has 4 rings (SSSR count). The van der Waals surface area contributed by atoms with Gasteiger partial charge in [0.25, 0.3) is 0 Å². The zero-order valence-corrected chi connectivity index (χ0v) is 15.6. The van der Waals surface area contributed by atoms with Crippen LogP contribution in [0.2, 0.25) is 0 Å². The number of rotatable bonds is 3. The van der Waals surface area contributed by atoms with E-state index in [1.807, 2.05) is 30.3 Å². The molecule has 1 saturated heterocycles. The molecule has 132 valence electrons. The van der Waals surface area contributed by atoms with Crippen LogP contribution in [0.3, 0.4) is 0 Å². The van der Waals surface area contributed by atoms with E-state index in [1.165, 1.54) is 6.07 Å². The van der Waals surface area contributed by atoms with Crippen molar-refractivity contribution in [3.8, 4) is 6.07 Å². The predicted molar refractivity (Wildman–Crippen MR) is 101 cm³/mol. The summed E-state index contributed by atoms with van der Waals surface area (Å²) >= 11 is 1.56. The lowest BCUT2D eigenvalue weighted by Crippen LogP contribution is -2.38. The summed E-state index contributed by atoms with van der Waals surface area (Å²) < 4.78 is 29.1. The molecular weight excluding hydrogens is 366 g/mol. The lowest BCUT2D eigenvalue weighted by atomic mass is 10.1. The molecule has 1 atom stereocenters. The van der Waals surface area contributed by atoms with Gasteiger partial charge in [-0.3, -0.25) is 0 Å². The largest absolute Gasteiger partial charge is 0.243 e. The predicted octanol–water partition coefficient (Wildman–Crippen LogP) is 4.08. The summed E-state index contributed by atoms with van der Waals surface area (Å²) in [7, 11) is -3.68. The topological polar surface area (TPSA) is 74.1 Å². The van der Waals surface area contributed by atoms with E-state index in [9.17, 15) is 8.42 Å². The third-order valence-electron chi connectivity index (χ3n) is 4.62. The minimum atomic E-state index is -3.68. The molecule has 0 bridgehead atoms. The zero-order chi connectivity index (χ0) is 18.1. The number of piperidine rings is 1. The smallest absolute Gasteiger partial charge is 0.239 e. The van der Waals surface area contributed by atoms with E-state index in [1.54, 1.807) is 33.8 Å². The standard InChI is InChI=1S/C19H17N3O2S2/c20-13-14-6-5-7-15(12-14)26(23,24)22-11-4-3-9-17(22)19-21-16-8-1-2-10-18(16)25-19/h1-2,5-8,10,12,17H,3-4,9,11H2. The second-order valence-electron chi connectivity index (χ2n) is 6.29. The number of hydrogen-bond acceptors (Lipinski definition) is 5. The van der Waals surface area contributed by atoms with Gasteiger partial charge in [0.05, 0.1) is 32.8 Å². The van der Waals surface area contributed by atoms with E-state index in [-0.39, 0.29) is 10.9 Å². The molecule has 3 aromatic rings. The van der Waals surface area contributed by atoms with Gasteiger partial charge < -0.3 is 0 Å². The van der Waals surface area contributed by atoms with Gasteiger partial charge in [0.1, 0.15) is 5.01 Å². The molecule has 1 unspecified atom stereocenters. The van der Waals surface area contributed by atoms with E-state index in [2.05, 4.69) is 4.98 Å². The summed E-state index contributed by atoms with van der Waals surface area (Å²) in [6, 6.07) is 15.8. The maximum atomic E-state index is 13.2. The minimum absolute atomic E-state index is 0.171. The van der Waals surface area contributed by atoms with Gasteiger partial charge in [-0.05, 0) is 43.2 Å². The minimum Gasteiger partial charge on any atom is -0.239 e. The molecule has 1 fully saturated rings. The van der Waals surface area contributed by atoms with Crippen LogP contribution in [0, 0.1) is 11.3 Å². The van der Waals surface area contributed by atoms with Crippen molar-refractivity contribution in [1.29, 1.82) is 5.26 Å². The summed E-state index contributed by atoms with van der Waals surface area (Å²) in [5.41, 5.74) is 1.25. The van der Waals surface area contributed by atoms with Crippen molar-refractivity contribution in [3.63, 3.8) is 0 Å². The van der Waals surface area contributed by atoms with E-state index in [4.69, 9.17) is 5.26 Å². The van der Waals surface area contributed by atoms with Crippen molar-refractivity contribution in [2.75, 3.05) is 6.54 Å². The highest BCUT2D eigenvalue weighted by atomic mass is 32.2. The van der Waals surface area contributed by atoms with Crippen LogP contribution >= 0.6 is 11.3 Å². The van der Waals surface area contributed by atoms with Gasteiger partial charge in [0, 0.05) is 6.54 Å². The number of nitriles is 1. The van der Waals surface area contributed by atoms with Crippen molar-refractivity contribution in [2.45, 2.75) is 30.2 Å². The van der Waals surface area contributed by atoms with Crippen LogP contribution in [0.15, 0.2) is 53.4 Å². The van der Waals surface area contributed by atoms with Crippen LogP contribution in [0.4, 0.5) is 0 Å². The third kappa shape index (κ3) is 3.01. The quantitative estimate of drug-likeness (QED) is 0.683. The average Bonchev–Trinajstić information content (AvgIpc) is 3.12. The molecule has 0 radical (unpaired) electrons. The van der Waals surface area contributed by atoms with Crippen LogP contribution in [0.25, 0.3) is 10.2 Å². The molecule has 1 aliphatic rings. The van der Waals surface area contributed by atoms with Gasteiger partial charge in [-0.15, -0.1) is 11.3 Å². The first-order valence-electron chi connectivity index (χ1n) is 8.47. The third-order valence-corrected chi connectivity index (χ3v) is 7.66. The number of para-hydroxylation sites is 1. The molecule has 0 saturated carbocycles. The first kappa shape index (κ1) is 17.2. The van der Waals surface area contributed by atoms with Crippen LogP contribution in [-0.4, -0.2) is 24.3 Å². The Kier molecular flexibility index (Phi) is 4.49. The first-order chi connectivity index (χ1) is 12.6. The molecule has 5 nitrogen and oxygen atoms in total. The lowest BCUT2D eigenvalue weighted by molar-refractivity contribution is 0.255. The van der Waals surface area contributed by atoms with E-state index in [0.717, 1.165) is 34.5 Å². The second-order valence-corrected chi connectivity index (χ2v) is 9.24. The second kappa shape index (κ2) is 6.80. The van der Waals surface area contributed by atoms with Gasteiger partial charge in [0.15, 0.2) is 0 Å². The number of nitrogens with zero attached hydrogens (tertiary/aromatic N) is 3. The monoisotopic (exact) mass is 383 g/mol. The first-order valence-corrected chi connectivity index (χ1v) is 10.7. The molecule has 2 heterocycles. The number of hydrogen-bond donors (Lipinski definition) is 0. The molecule has 0 N–H and O–H groups in total. The number of sulfonamides is 1. The Balaban J connectivity index is 1.76. The Hall–Kier alpha value is -2.27. The van der Waals surface area contributed by atoms with E-state index >= 15 is 0 Å². The van der Waals surface area contributed by atoms with Crippen molar-refractivity contribution in [3.05, 3.63) is 59.1 Å². The highest BCUT2D eigenvalue weighted by molar-refractivity contribution is 7.89. The van der Waals surface area contributed by atoms with Crippen LogP contribution in [0.5, 0.6) is 0 Å². The van der Waals surface area contributed by atoms with Gasteiger partial charge in [-0.1, -0.05) is 24.6 Å². The Bertz CT molecular complexity index is 1070. The molecule has 0 aliphatic carbocycles. The van der Waals surface area contributed by atoms with Crippen molar-refractivity contribution >= 4 is 31.6 Å². The zero-order valence-electron chi connectivity index (χ0n) is 14.0. The van der Waals surface area contributed by atoms with Crippen LogP contribution in [-0.2, 0) is 10.0 Å². The SMILES string of the molecule is N#Cc1cccc(S(=O)(=O)N2CCCCC2c2nc3ccccc3s2)c1. The summed E-state index contributed by atoms with van der Waals surface area (Å²) in [6.45, 7) is 0.472. The maximum absolute atomic E-state index is 13.2. The molecule has 7 heteroatoms. The summed E-state index contributed by atoms with van der Waals surface area (Å²) in [6.07, 6.45) is 2.57. The Labute approximate surface area is 156 Å². The number of thiazole rings is 1. The molecule has 1 aliphatic heterocycles. The molecule has 0 spiro atoms. The van der Waals surface area contributed by atoms with E-state index in [0.29, 0.717) is 12.1 Å². The lowest BCUT2D eigenvalue weighted by Gasteiger charge is -2.33. The Morgan fingerprint density at radius 2 is 2.00 bits per heavy atom. The van der Waals surface area contributed by atoms with Gasteiger partial charge >= 0.3 is 0 Å². The number of fused-ring (bicyclic) bond motifs is 1. The molecule has 0 amide bonds. The van der Waals surface area contributed by atoms with Crippen molar-refractivity contribution in [2.24, 2.45) is 0 Å². The fourth-order valence-corrected chi connectivity index (χ4v) is 6.22. The summed E-state index contributed by atoms with van der Waals surface area (Å²) in [5, 5.41) is 9.92. The fourth-order valence-electron chi connectivity index (χ4n) is 3.33. The van der Waals surface area contributed by atoms with Gasteiger partial charge in [-0.2, -0.15) is 9.57 Å². The highest BCUT2D eigenvalue weighted by Crippen LogP contribution is 2.38. The van der Waals surface area contributed by atoms with Crippen molar-refractivity contribution in [1.82, 2.24) is 9.29 Å². The normalized spacial score (nSPS) is 18.7. The summed E-state index contributed by atoms with van der Waals surface area (Å²) in [5.74, 6) is 0. The van der Waals surface area contributed by atoms with Gasteiger partial charge in [0.2, 0.25) is 10.0 Å². The highest BCUT2D eigenvalue weighted by Gasteiger charge is 2.36.